The van der Waals surface area contributed by atoms with E-state index in [1.54, 1.807) is 36.4 Å². The number of rotatable bonds is 4. The molecule has 20 heavy (non-hydrogen) atoms. The zero-order valence-corrected chi connectivity index (χ0v) is 11.2. The van der Waals surface area contributed by atoms with Gasteiger partial charge in [0.1, 0.15) is 17.4 Å². The maximum Gasteiger partial charge on any atom is 0.307 e. The van der Waals surface area contributed by atoms with Crippen LogP contribution in [0, 0.1) is 17.1 Å². The van der Waals surface area contributed by atoms with Gasteiger partial charge in [0.2, 0.25) is 0 Å². The molecule has 0 spiro atoms. The highest BCUT2D eigenvalue weighted by molar-refractivity contribution is 7.99. The molecule has 3 nitrogen and oxygen atoms in total. The molecule has 0 saturated carbocycles. The molecule has 0 bridgehead atoms. The van der Waals surface area contributed by atoms with E-state index < -0.39 is 11.8 Å². The molecule has 0 heterocycles. The molecule has 0 aromatic heterocycles. The van der Waals surface area contributed by atoms with E-state index in [1.165, 1.54) is 17.8 Å². The molecule has 0 amide bonds. The SMILES string of the molecule is N#Cc1c(F)cccc1Sc1ccc(CC(=O)O)cc1. The summed E-state index contributed by atoms with van der Waals surface area (Å²) in [6.45, 7) is 0. The fourth-order valence-electron chi connectivity index (χ4n) is 1.67. The number of nitriles is 1. The highest BCUT2D eigenvalue weighted by Gasteiger charge is 2.09. The van der Waals surface area contributed by atoms with Crippen LogP contribution in [0.4, 0.5) is 4.39 Å². The first kappa shape index (κ1) is 14.1. The summed E-state index contributed by atoms with van der Waals surface area (Å²) in [6, 6.07) is 13.3. The van der Waals surface area contributed by atoms with Crippen LogP contribution in [0.1, 0.15) is 11.1 Å². The third kappa shape index (κ3) is 3.37. The van der Waals surface area contributed by atoms with Gasteiger partial charge in [0.05, 0.1) is 6.42 Å². The Hall–Kier alpha value is -2.32. The van der Waals surface area contributed by atoms with E-state index in [9.17, 15) is 9.18 Å². The van der Waals surface area contributed by atoms with Gasteiger partial charge in [-0.2, -0.15) is 5.26 Å². The minimum Gasteiger partial charge on any atom is -0.481 e. The van der Waals surface area contributed by atoms with Gasteiger partial charge in [0, 0.05) is 9.79 Å². The fraction of sp³-hybridized carbons (Fsp3) is 0.0667. The van der Waals surface area contributed by atoms with Gasteiger partial charge in [-0.15, -0.1) is 0 Å². The van der Waals surface area contributed by atoms with Crippen molar-refractivity contribution < 1.29 is 14.3 Å². The minimum absolute atomic E-state index is 0.0205. The average molecular weight is 287 g/mol. The van der Waals surface area contributed by atoms with Gasteiger partial charge in [0.15, 0.2) is 0 Å². The second-order valence-corrected chi connectivity index (χ2v) is 5.16. The summed E-state index contributed by atoms with van der Waals surface area (Å²) in [4.78, 5) is 11.9. The normalized spacial score (nSPS) is 10.0. The van der Waals surface area contributed by atoms with Gasteiger partial charge in [0.25, 0.3) is 0 Å². The molecule has 5 heteroatoms. The standard InChI is InChI=1S/C15H10FNO2S/c16-13-2-1-3-14(12(13)9-17)20-11-6-4-10(5-7-11)8-15(18)19/h1-7H,8H2,(H,18,19). The second kappa shape index (κ2) is 6.22. The van der Waals surface area contributed by atoms with Gasteiger partial charge < -0.3 is 5.11 Å². The number of carboxylic acid groups (broad SMARTS) is 1. The Balaban J connectivity index is 2.21. The van der Waals surface area contributed by atoms with E-state index in [0.29, 0.717) is 10.5 Å². The van der Waals surface area contributed by atoms with Gasteiger partial charge >= 0.3 is 5.97 Å². The van der Waals surface area contributed by atoms with Crippen molar-refractivity contribution in [3.8, 4) is 6.07 Å². The summed E-state index contributed by atoms with van der Waals surface area (Å²) in [7, 11) is 0. The molecule has 0 radical (unpaired) electrons. The first-order chi connectivity index (χ1) is 9.60. The van der Waals surface area contributed by atoms with Crippen LogP contribution >= 0.6 is 11.8 Å². The number of aliphatic carboxylic acids is 1. The molecule has 0 atom stereocenters. The predicted octanol–water partition coefficient (Wildman–Crippen LogP) is 3.48. The zero-order chi connectivity index (χ0) is 14.5. The van der Waals surface area contributed by atoms with E-state index in [4.69, 9.17) is 10.4 Å². The first-order valence-corrected chi connectivity index (χ1v) is 6.59. The molecule has 2 aromatic rings. The molecule has 2 aromatic carbocycles. The molecule has 0 aliphatic heterocycles. The molecule has 1 N–H and O–H groups in total. The van der Waals surface area contributed by atoms with Crippen molar-refractivity contribution in [1.82, 2.24) is 0 Å². The quantitative estimate of drug-likeness (QED) is 0.935. The number of halogens is 1. The number of benzene rings is 2. The van der Waals surface area contributed by atoms with E-state index >= 15 is 0 Å². The van der Waals surface area contributed by atoms with Crippen molar-refractivity contribution in [2.24, 2.45) is 0 Å². The summed E-state index contributed by atoms with van der Waals surface area (Å²) >= 11 is 1.27. The lowest BCUT2D eigenvalue weighted by molar-refractivity contribution is -0.136. The lowest BCUT2D eigenvalue weighted by Crippen LogP contribution is -1.99. The molecular formula is C15H10FNO2S. The minimum atomic E-state index is -0.887. The number of hydrogen-bond donors (Lipinski definition) is 1. The number of carboxylic acids is 1. The fourth-order valence-corrected chi connectivity index (χ4v) is 2.59. The van der Waals surface area contributed by atoms with Crippen molar-refractivity contribution in [3.63, 3.8) is 0 Å². The van der Waals surface area contributed by atoms with Gasteiger partial charge in [-0.05, 0) is 29.8 Å². The largest absolute Gasteiger partial charge is 0.481 e. The van der Waals surface area contributed by atoms with E-state index in [-0.39, 0.29) is 12.0 Å². The van der Waals surface area contributed by atoms with Crippen molar-refractivity contribution in [2.75, 3.05) is 0 Å². The maximum absolute atomic E-state index is 13.5. The Labute approximate surface area is 119 Å². The monoisotopic (exact) mass is 287 g/mol. The summed E-state index contributed by atoms with van der Waals surface area (Å²) in [5, 5.41) is 17.6. The Morgan fingerprint density at radius 1 is 1.25 bits per heavy atom. The van der Waals surface area contributed by atoms with Crippen molar-refractivity contribution in [3.05, 3.63) is 59.4 Å². The Bertz CT molecular complexity index is 677. The summed E-state index contributed by atoms with van der Waals surface area (Å²) in [5.74, 6) is -1.43. The second-order valence-electron chi connectivity index (χ2n) is 4.04. The van der Waals surface area contributed by atoms with Gasteiger partial charge in [-0.25, -0.2) is 4.39 Å². The first-order valence-electron chi connectivity index (χ1n) is 5.77. The third-order valence-electron chi connectivity index (χ3n) is 2.59. The van der Waals surface area contributed by atoms with E-state index in [2.05, 4.69) is 0 Å². The predicted molar refractivity (Wildman–Crippen MR) is 73.0 cm³/mol. The van der Waals surface area contributed by atoms with Crippen molar-refractivity contribution in [1.29, 1.82) is 5.26 Å². The number of carbonyl (C=O) groups is 1. The van der Waals surface area contributed by atoms with E-state index in [1.807, 2.05) is 6.07 Å². The molecule has 2 rings (SSSR count). The summed E-state index contributed by atoms with van der Waals surface area (Å²) in [6.07, 6.45) is -0.0334. The highest BCUT2D eigenvalue weighted by atomic mass is 32.2. The van der Waals surface area contributed by atoms with Crippen LogP contribution in [0.2, 0.25) is 0 Å². The van der Waals surface area contributed by atoms with Crippen LogP contribution in [-0.2, 0) is 11.2 Å². The lowest BCUT2D eigenvalue weighted by Gasteiger charge is -2.05. The number of hydrogen-bond acceptors (Lipinski definition) is 3. The number of nitrogens with zero attached hydrogens (tertiary/aromatic N) is 1. The molecular weight excluding hydrogens is 277 g/mol. The molecule has 0 fully saturated rings. The third-order valence-corrected chi connectivity index (χ3v) is 3.66. The van der Waals surface area contributed by atoms with E-state index in [0.717, 1.165) is 4.90 Å². The van der Waals surface area contributed by atoms with Gasteiger partial charge in [-0.1, -0.05) is 30.0 Å². The van der Waals surface area contributed by atoms with Crippen LogP contribution in [0.25, 0.3) is 0 Å². The van der Waals surface area contributed by atoms with Crippen LogP contribution < -0.4 is 0 Å². The average Bonchev–Trinajstić information content (AvgIpc) is 2.41. The zero-order valence-electron chi connectivity index (χ0n) is 10.3. The Kier molecular flexibility index (Phi) is 4.38. The topological polar surface area (TPSA) is 61.1 Å². The molecule has 0 aliphatic rings. The summed E-state index contributed by atoms with van der Waals surface area (Å²) in [5.41, 5.74) is 0.716. The van der Waals surface area contributed by atoms with Gasteiger partial charge in [-0.3, -0.25) is 4.79 Å². The molecule has 0 saturated heterocycles. The van der Waals surface area contributed by atoms with Crippen molar-refractivity contribution >= 4 is 17.7 Å². The van der Waals surface area contributed by atoms with Crippen molar-refractivity contribution in [2.45, 2.75) is 16.2 Å². The molecule has 100 valence electrons. The van der Waals surface area contributed by atoms with Crippen LogP contribution in [-0.4, -0.2) is 11.1 Å². The smallest absolute Gasteiger partial charge is 0.307 e. The van der Waals surface area contributed by atoms with Crippen LogP contribution in [0.5, 0.6) is 0 Å². The van der Waals surface area contributed by atoms with Crippen LogP contribution in [0.15, 0.2) is 52.3 Å². The maximum atomic E-state index is 13.5. The van der Waals surface area contributed by atoms with Crippen LogP contribution in [0.3, 0.4) is 0 Å². The molecule has 0 unspecified atom stereocenters. The Morgan fingerprint density at radius 3 is 2.55 bits per heavy atom. The molecule has 0 aliphatic carbocycles. The lowest BCUT2D eigenvalue weighted by atomic mass is 10.2. The highest BCUT2D eigenvalue weighted by Crippen LogP contribution is 2.31. The summed E-state index contributed by atoms with van der Waals surface area (Å²) < 4.78 is 13.5. The Morgan fingerprint density at radius 2 is 1.95 bits per heavy atom.